The normalized spacial score (nSPS) is 10.7. The molecule has 106 valence electrons. The topological polar surface area (TPSA) is 64.1 Å². The Morgan fingerprint density at radius 3 is 2.80 bits per heavy atom. The van der Waals surface area contributed by atoms with Gasteiger partial charge in [-0.1, -0.05) is 0 Å². The van der Waals surface area contributed by atoms with Gasteiger partial charge in [-0.15, -0.1) is 11.6 Å². The monoisotopic (exact) mass is 293 g/mol. The summed E-state index contributed by atoms with van der Waals surface area (Å²) in [4.78, 5) is 20.3. The second kappa shape index (κ2) is 7.77. The molecule has 1 aromatic heterocycles. The highest BCUT2D eigenvalue weighted by molar-refractivity contribution is 6.17. The zero-order valence-corrected chi connectivity index (χ0v) is 11.8. The summed E-state index contributed by atoms with van der Waals surface area (Å²) in [6, 6.07) is 5.28. The number of benzene rings is 1. The van der Waals surface area contributed by atoms with Crippen LogP contribution in [-0.4, -0.2) is 41.5 Å². The van der Waals surface area contributed by atoms with Gasteiger partial charge in [-0.25, -0.2) is 0 Å². The molecule has 20 heavy (non-hydrogen) atoms. The molecular formula is C14H16ClN3O2. The van der Waals surface area contributed by atoms with E-state index in [-0.39, 0.29) is 5.91 Å². The summed E-state index contributed by atoms with van der Waals surface area (Å²) >= 11 is 5.49. The second-order valence-electron chi connectivity index (χ2n) is 4.17. The number of aromatic nitrogens is 2. The molecule has 1 amide bonds. The van der Waals surface area contributed by atoms with Gasteiger partial charge in [0.2, 0.25) is 0 Å². The van der Waals surface area contributed by atoms with E-state index < -0.39 is 0 Å². The van der Waals surface area contributed by atoms with Crippen molar-refractivity contribution in [3.63, 3.8) is 0 Å². The van der Waals surface area contributed by atoms with Crippen LogP contribution in [0.5, 0.6) is 0 Å². The van der Waals surface area contributed by atoms with E-state index in [1.165, 1.54) is 0 Å². The molecule has 0 aliphatic rings. The summed E-state index contributed by atoms with van der Waals surface area (Å²) < 4.78 is 5.23. The number of fused-ring (bicyclic) bond motifs is 1. The number of carbonyl (C=O) groups is 1. The van der Waals surface area contributed by atoms with Crippen molar-refractivity contribution in [1.29, 1.82) is 0 Å². The summed E-state index contributed by atoms with van der Waals surface area (Å²) in [6.07, 6.45) is 4.00. The first-order chi connectivity index (χ1) is 9.81. The molecule has 6 heteroatoms. The highest BCUT2D eigenvalue weighted by Gasteiger charge is 2.06. The molecule has 0 unspecified atom stereocenters. The van der Waals surface area contributed by atoms with E-state index >= 15 is 0 Å². The number of halogens is 1. The number of nitrogens with one attached hydrogen (secondary N) is 1. The first kappa shape index (κ1) is 14.7. The van der Waals surface area contributed by atoms with Gasteiger partial charge in [0, 0.05) is 37.0 Å². The van der Waals surface area contributed by atoms with E-state index in [2.05, 4.69) is 15.3 Å². The van der Waals surface area contributed by atoms with Gasteiger partial charge in [0.1, 0.15) is 0 Å². The highest BCUT2D eigenvalue weighted by Crippen LogP contribution is 2.10. The van der Waals surface area contributed by atoms with Crippen LogP contribution in [0, 0.1) is 0 Å². The smallest absolute Gasteiger partial charge is 0.251 e. The maximum absolute atomic E-state index is 12.0. The molecule has 2 aromatic rings. The van der Waals surface area contributed by atoms with Crippen LogP contribution in [0.3, 0.4) is 0 Å². The minimum atomic E-state index is -0.116. The van der Waals surface area contributed by atoms with E-state index in [0.717, 1.165) is 11.9 Å². The quantitative estimate of drug-likeness (QED) is 0.626. The largest absolute Gasteiger partial charge is 0.380 e. The molecule has 1 aromatic carbocycles. The fraction of sp³-hybridized carbons (Fsp3) is 0.357. The molecule has 1 heterocycles. The predicted molar refractivity (Wildman–Crippen MR) is 78.0 cm³/mol. The standard InChI is InChI=1S/C14H16ClN3O2/c15-4-9-20-8-1-5-18-14(19)11-2-3-12-13(10-11)17-7-6-16-12/h2-3,6-7,10H,1,4-5,8-9H2,(H,18,19). The third-order valence-electron chi connectivity index (χ3n) is 2.70. The molecule has 0 atom stereocenters. The Balaban J connectivity index is 1.84. The minimum Gasteiger partial charge on any atom is -0.380 e. The lowest BCUT2D eigenvalue weighted by molar-refractivity contribution is 0.0944. The summed E-state index contributed by atoms with van der Waals surface area (Å²) in [5, 5.41) is 2.84. The number of ether oxygens (including phenoxy) is 1. The number of alkyl halides is 1. The predicted octanol–water partition coefficient (Wildman–Crippen LogP) is 2.01. The zero-order valence-electron chi connectivity index (χ0n) is 11.0. The maximum Gasteiger partial charge on any atom is 0.251 e. The summed E-state index contributed by atoms with van der Waals surface area (Å²) in [5.41, 5.74) is 2.07. The first-order valence-electron chi connectivity index (χ1n) is 6.44. The Hall–Kier alpha value is -1.72. The Labute approximate surface area is 122 Å². The van der Waals surface area contributed by atoms with Gasteiger partial charge in [-0.3, -0.25) is 14.8 Å². The van der Waals surface area contributed by atoms with Crippen LogP contribution in [0.15, 0.2) is 30.6 Å². The Morgan fingerprint density at radius 2 is 2.00 bits per heavy atom. The van der Waals surface area contributed by atoms with Crippen molar-refractivity contribution in [2.45, 2.75) is 6.42 Å². The Bertz CT molecular complexity index is 577. The fourth-order valence-electron chi connectivity index (χ4n) is 1.74. The molecule has 0 saturated heterocycles. The number of hydrogen-bond donors (Lipinski definition) is 1. The van der Waals surface area contributed by atoms with Gasteiger partial charge in [-0.05, 0) is 24.6 Å². The Kier molecular flexibility index (Phi) is 5.70. The third kappa shape index (κ3) is 4.15. The van der Waals surface area contributed by atoms with Gasteiger partial charge in [-0.2, -0.15) is 0 Å². The lowest BCUT2D eigenvalue weighted by Crippen LogP contribution is -2.25. The number of hydrogen-bond acceptors (Lipinski definition) is 4. The van der Waals surface area contributed by atoms with E-state index in [1.807, 2.05) is 0 Å². The van der Waals surface area contributed by atoms with Crippen molar-refractivity contribution in [3.05, 3.63) is 36.2 Å². The lowest BCUT2D eigenvalue weighted by Gasteiger charge is -2.06. The third-order valence-corrected chi connectivity index (χ3v) is 2.86. The number of nitrogens with zero attached hydrogens (tertiary/aromatic N) is 2. The van der Waals surface area contributed by atoms with Gasteiger partial charge in [0.05, 0.1) is 17.6 Å². The van der Waals surface area contributed by atoms with E-state index in [9.17, 15) is 4.79 Å². The SMILES string of the molecule is O=C(NCCCOCCCl)c1ccc2nccnc2c1. The number of carbonyl (C=O) groups excluding carboxylic acids is 1. The second-order valence-corrected chi connectivity index (χ2v) is 4.55. The zero-order chi connectivity index (χ0) is 14.2. The van der Waals surface area contributed by atoms with Crippen LogP contribution >= 0.6 is 11.6 Å². The van der Waals surface area contributed by atoms with Crippen molar-refractivity contribution in [1.82, 2.24) is 15.3 Å². The minimum absolute atomic E-state index is 0.116. The van der Waals surface area contributed by atoms with Crippen LogP contribution in [0.4, 0.5) is 0 Å². The van der Waals surface area contributed by atoms with E-state index in [4.69, 9.17) is 16.3 Å². The Morgan fingerprint density at radius 1 is 1.20 bits per heavy atom. The molecule has 0 fully saturated rings. The van der Waals surface area contributed by atoms with Gasteiger partial charge in [0.15, 0.2) is 0 Å². The van der Waals surface area contributed by atoms with E-state index in [1.54, 1.807) is 30.6 Å². The average Bonchev–Trinajstić information content (AvgIpc) is 2.50. The molecular weight excluding hydrogens is 278 g/mol. The fourth-order valence-corrected chi connectivity index (χ4v) is 1.85. The van der Waals surface area contributed by atoms with Crippen LogP contribution in [0.2, 0.25) is 0 Å². The van der Waals surface area contributed by atoms with Crippen LogP contribution in [0.25, 0.3) is 11.0 Å². The number of amides is 1. The van der Waals surface area contributed by atoms with Crippen molar-refractivity contribution in [2.24, 2.45) is 0 Å². The van der Waals surface area contributed by atoms with Crippen molar-refractivity contribution >= 4 is 28.5 Å². The molecule has 5 nitrogen and oxygen atoms in total. The van der Waals surface area contributed by atoms with Crippen LogP contribution in [-0.2, 0) is 4.74 Å². The number of rotatable bonds is 7. The van der Waals surface area contributed by atoms with Crippen molar-refractivity contribution < 1.29 is 9.53 Å². The molecule has 0 aliphatic carbocycles. The highest BCUT2D eigenvalue weighted by atomic mass is 35.5. The van der Waals surface area contributed by atoms with Gasteiger partial charge >= 0.3 is 0 Å². The molecule has 0 bridgehead atoms. The van der Waals surface area contributed by atoms with Gasteiger partial charge < -0.3 is 10.1 Å². The first-order valence-corrected chi connectivity index (χ1v) is 6.97. The van der Waals surface area contributed by atoms with E-state index in [0.29, 0.717) is 36.7 Å². The molecule has 0 spiro atoms. The molecule has 0 radical (unpaired) electrons. The molecule has 2 rings (SSSR count). The summed E-state index contributed by atoms with van der Waals surface area (Å²) in [5.74, 6) is 0.375. The maximum atomic E-state index is 12.0. The molecule has 0 aliphatic heterocycles. The van der Waals surface area contributed by atoms with Crippen molar-refractivity contribution in [3.8, 4) is 0 Å². The molecule has 1 N–H and O–H groups in total. The summed E-state index contributed by atoms with van der Waals surface area (Å²) in [6.45, 7) is 1.70. The lowest BCUT2D eigenvalue weighted by atomic mass is 10.2. The molecule has 0 saturated carbocycles. The van der Waals surface area contributed by atoms with Gasteiger partial charge in [0.25, 0.3) is 5.91 Å². The van der Waals surface area contributed by atoms with Crippen molar-refractivity contribution in [2.75, 3.05) is 25.6 Å². The average molecular weight is 294 g/mol. The summed E-state index contributed by atoms with van der Waals surface area (Å²) in [7, 11) is 0. The van der Waals surface area contributed by atoms with Crippen LogP contribution < -0.4 is 5.32 Å². The van der Waals surface area contributed by atoms with Crippen LogP contribution in [0.1, 0.15) is 16.8 Å².